The molecule has 1 aliphatic rings. The molecular formula is C13H17BrN2O4S. The Morgan fingerprint density at radius 2 is 2.00 bits per heavy atom. The molecule has 1 amide bonds. The minimum atomic E-state index is -3.78. The van der Waals surface area contributed by atoms with Gasteiger partial charge in [-0.2, -0.15) is 0 Å². The number of amides is 1. The van der Waals surface area contributed by atoms with Crippen LogP contribution in [0.15, 0.2) is 21.5 Å². The van der Waals surface area contributed by atoms with Gasteiger partial charge in [-0.25, -0.2) is 13.6 Å². The highest BCUT2D eigenvalue weighted by Gasteiger charge is 2.23. The lowest BCUT2D eigenvalue weighted by Gasteiger charge is -2.21. The van der Waals surface area contributed by atoms with E-state index in [1.807, 2.05) is 0 Å². The Kier molecular flexibility index (Phi) is 5.03. The molecule has 1 heterocycles. The van der Waals surface area contributed by atoms with Gasteiger partial charge in [-0.3, -0.25) is 4.79 Å². The second-order valence-electron chi connectivity index (χ2n) is 5.02. The van der Waals surface area contributed by atoms with E-state index in [-0.39, 0.29) is 16.7 Å². The molecule has 0 saturated carbocycles. The van der Waals surface area contributed by atoms with Crippen LogP contribution < -0.4 is 10.5 Å². The molecule has 1 fully saturated rings. The van der Waals surface area contributed by atoms with E-state index < -0.39 is 10.0 Å². The van der Waals surface area contributed by atoms with Crippen molar-refractivity contribution < 1.29 is 17.9 Å². The van der Waals surface area contributed by atoms with Crippen LogP contribution in [0, 0.1) is 12.8 Å². The molecular weight excluding hydrogens is 360 g/mol. The van der Waals surface area contributed by atoms with Crippen molar-refractivity contribution in [3.63, 3.8) is 0 Å². The van der Waals surface area contributed by atoms with Gasteiger partial charge < -0.3 is 10.1 Å². The molecule has 1 saturated heterocycles. The second-order valence-corrected chi connectivity index (χ2v) is 7.40. The average molecular weight is 377 g/mol. The third-order valence-electron chi connectivity index (χ3n) is 3.42. The van der Waals surface area contributed by atoms with Gasteiger partial charge in [-0.05, 0) is 53.4 Å². The molecule has 1 aromatic carbocycles. The van der Waals surface area contributed by atoms with Crippen LogP contribution in [0.2, 0.25) is 0 Å². The van der Waals surface area contributed by atoms with Gasteiger partial charge in [-0.15, -0.1) is 0 Å². The van der Waals surface area contributed by atoms with Gasteiger partial charge in [0.1, 0.15) is 0 Å². The molecule has 116 valence electrons. The first-order valence-electron chi connectivity index (χ1n) is 6.50. The van der Waals surface area contributed by atoms with E-state index in [4.69, 9.17) is 9.88 Å². The predicted octanol–water partition coefficient (Wildman–Crippen LogP) is 1.77. The Bertz CT molecular complexity index is 654. The standard InChI is InChI=1S/C13H17BrN2O4S/c1-8-6-11(10(14)7-12(8)21(15,18)19)16-13(17)9-2-4-20-5-3-9/h6-7,9H,2-5H2,1H3,(H,16,17)(H2,15,18,19). The highest BCUT2D eigenvalue weighted by molar-refractivity contribution is 9.10. The Labute approximate surface area is 132 Å². The van der Waals surface area contributed by atoms with E-state index in [2.05, 4.69) is 21.2 Å². The molecule has 1 aromatic rings. The van der Waals surface area contributed by atoms with Gasteiger partial charge in [0.05, 0.1) is 10.6 Å². The van der Waals surface area contributed by atoms with Gasteiger partial charge in [0.15, 0.2) is 0 Å². The molecule has 6 nitrogen and oxygen atoms in total. The van der Waals surface area contributed by atoms with Crippen molar-refractivity contribution in [1.29, 1.82) is 0 Å². The molecule has 21 heavy (non-hydrogen) atoms. The van der Waals surface area contributed by atoms with Crippen LogP contribution in [0.25, 0.3) is 0 Å². The molecule has 0 spiro atoms. The van der Waals surface area contributed by atoms with Crippen molar-refractivity contribution >= 4 is 37.5 Å². The molecule has 0 unspecified atom stereocenters. The number of aryl methyl sites for hydroxylation is 1. The number of rotatable bonds is 3. The Hall–Kier alpha value is -0.960. The van der Waals surface area contributed by atoms with Crippen molar-refractivity contribution in [3.8, 4) is 0 Å². The first kappa shape index (κ1) is 16.4. The number of sulfonamides is 1. The summed E-state index contributed by atoms with van der Waals surface area (Å²) in [4.78, 5) is 12.2. The second kappa shape index (κ2) is 6.43. The van der Waals surface area contributed by atoms with Gasteiger partial charge in [-0.1, -0.05) is 0 Å². The highest BCUT2D eigenvalue weighted by atomic mass is 79.9. The molecule has 0 aromatic heterocycles. The van der Waals surface area contributed by atoms with Crippen LogP contribution in [-0.2, 0) is 19.6 Å². The number of ether oxygens (including phenoxy) is 1. The van der Waals surface area contributed by atoms with Crippen LogP contribution in [0.3, 0.4) is 0 Å². The van der Waals surface area contributed by atoms with Crippen molar-refractivity contribution in [2.24, 2.45) is 11.1 Å². The van der Waals surface area contributed by atoms with E-state index in [1.165, 1.54) is 6.07 Å². The fraction of sp³-hybridized carbons (Fsp3) is 0.462. The van der Waals surface area contributed by atoms with Crippen LogP contribution in [-0.4, -0.2) is 27.5 Å². The summed E-state index contributed by atoms with van der Waals surface area (Å²) in [7, 11) is -3.78. The Balaban J connectivity index is 2.21. The fourth-order valence-corrected chi connectivity index (χ4v) is 3.64. The largest absolute Gasteiger partial charge is 0.381 e. The summed E-state index contributed by atoms with van der Waals surface area (Å²) in [6.45, 7) is 2.81. The summed E-state index contributed by atoms with van der Waals surface area (Å²) in [5.74, 6) is -0.161. The number of carbonyl (C=O) groups is 1. The molecule has 0 bridgehead atoms. The summed E-state index contributed by atoms with van der Waals surface area (Å²) in [5.41, 5.74) is 1.03. The first-order valence-corrected chi connectivity index (χ1v) is 8.84. The summed E-state index contributed by atoms with van der Waals surface area (Å²) >= 11 is 3.27. The number of halogens is 1. The topological polar surface area (TPSA) is 98.5 Å². The maximum atomic E-state index is 12.2. The molecule has 2 rings (SSSR count). The van der Waals surface area contributed by atoms with Gasteiger partial charge in [0.2, 0.25) is 15.9 Å². The zero-order valence-electron chi connectivity index (χ0n) is 11.6. The van der Waals surface area contributed by atoms with Crippen LogP contribution in [0.1, 0.15) is 18.4 Å². The number of carbonyl (C=O) groups excluding carboxylic acids is 1. The fourth-order valence-electron chi connectivity index (χ4n) is 2.26. The number of anilines is 1. The molecule has 0 atom stereocenters. The monoisotopic (exact) mass is 376 g/mol. The summed E-state index contributed by atoms with van der Waals surface area (Å²) < 4.78 is 28.6. The lowest BCUT2D eigenvalue weighted by atomic mass is 9.99. The summed E-state index contributed by atoms with van der Waals surface area (Å²) in [5, 5.41) is 7.97. The average Bonchev–Trinajstić information content (AvgIpc) is 2.42. The third-order valence-corrected chi connectivity index (χ3v) is 5.13. The minimum Gasteiger partial charge on any atom is -0.381 e. The van der Waals surface area contributed by atoms with E-state index in [0.717, 1.165) is 0 Å². The highest BCUT2D eigenvalue weighted by Crippen LogP contribution is 2.29. The van der Waals surface area contributed by atoms with Crippen molar-refractivity contribution in [2.45, 2.75) is 24.7 Å². The predicted molar refractivity (Wildman–Crippen MR) is 82.4 cm³/mol. The molecule has 8 heteroatoms. The number of hydrogen-bond donors (Lipinski definition) is 2. The molecule has 0 radical (unpaired) electrons. The number of benzene rings is 1. The zero-order chi connectivity index (χ0) is 15.6. The first-order chi connectivity index (χ1) is 9.79. The van der Waals surface area contributed by atoms with Gasteiger partial charge >= 0.3 is 0 Å². The van der Waals surface area contributed by atoms with Crippen LogP contribution in [0.5, 0.6) is 0 Å². The third kappa shape index (κ3) is 4.03. The van der Waals surface area contributed by atoms with Gasteiger partial charge in [0.25, 0.3) is 0 Å². The van der Waals surface area contributed by atoms with E-state index in [0.29, 0.717) is 41.8 Å². The van der Waals surface area contributed by atoms with Crippen LogP contribution in [0.4, 0.5) is 5.69 Å². The van der Waals surface area contributed by atoms with E-state index >= 15 is 0 Å². The smallest absolute Gasteiger partial charge is 0.238 e. The van der Waals surface area contributed by atoms with Crippen LogP contribution >= 0.6 is 15.9 Å². The van der Waals surface area contributed by atoms with Crippen molar-refractivity contribution in [2.75, 3.05) is 18.5 Å². The summed E-state index contributed by atoms with van der Waals surface area (Å²) in [6.07, 6.45) is 1.38. The molecule has 1 aliphatic heterocycles. The molecule has 3 N–H and O–H groups in total. The Morgan fingerprint density at radius 1 is 1.38 bits per heavy atom. The summed E-state index contributed by atoms with van der Waals surface area (Å²) in [6, 6.07) is 3.01. The maximum Gasteiger partial charge on any atom is 0.238 e. The van der Waals surface area contributed by atoms with E-state index in [9.17, 15) is 13.2 Å². The zero-order valence-corrected chi connectivity index (χ0v) is 14.0. The quantitative estimate of drug-likeness (QED) is 0.839. The number of nitrogens with two attached hydrogens (primary N) is 1. The Morgan fingerprint density at radius 3 is 2.57 bits per heavy atom. The minimum absolute atomic E-state index is 0.0402. The number of primary sulfonamides is 1. The normalized spacial score (nSPS) is 16.7. The van der Waals surface area contributed by atoms with Crippen molar-refractivity contribution in [1.82, 2.24) is 0 Å². The lowest BCUT2D eigenvalue weighted by Crippen LogP contribution is -2.28. The van der Waals surface area contributed by atoms with E-state index in [1.54, 1.807) is 13.0 Å². The molecule has 0 aliphatic carbocycles. The maximum absolute atomic E-state index is 12.2. The number of nitrogens with one attached hydrogen (secondary N) is 1. The van der Waals surface area contributed by atoms with Crippen molar-refractivity contribution in [3.05, 3.63) is 22.2 Å². The SMILES string of the molecule is Cc1cc(NC(=O)C2CCOCC2)c(Br)cc1S(N)(=O)=O. The van der Waals surface area contributed by atoms with Gasteiger partial charge in [0, 0.05) is 23.6 Å². The lowest BCUT2D eigenvalue weighted by molar-refractivity contribution is -0.122. The number of hydrogen-bond acceptors (Lipinski definition) is 4.